The Bertz CT molecular complexity index is 586. The van der Waals surface area contributed by atoms with Gasteiger partial charge < -0.3 is 4.42 Å². The smallest absolute Gasteiger partial charge is 0.322 e. The molecule has 0 aromatic carbocycles. The first-order valence-corrected chi connectivity index (χ1v) is 6.32. The molecule has 2 aromatic heterocycles. The van der Waals surface area contributed by atoms with Gasteiger partial charge in [-0.25, -0.2) is 4.98 Å². The Morgan fingerprint density at radius 2 is 2.32 bits per heavy atom. The molecule has 2 aromatic rings. The van der Waals surface area contributed by atoms with Gasteiger partial charge in [-0.15, -0.1) is 10.2 Å². The Morgan fingerprint density at radius 1 is 1.47 bits per heavy atom. The predicted molar refractivity (Wildman–Crippen MR) is 64.6 cm³/mol. The summed E-state index contributed by atoms with van der Waals surface area (Å²) in [5.74, 6) is 1.26. The van der Waals surface area contributed by atoms with Crippen molar-refractivity contribution in [3.05, 3.63) is 17.5 Å². The number of H-pyrrole nitrogens is 1. The van der Waals surface area contributed by atoms with E-state index < -0.39 is 5.91 Å². The maximum Gasteiger partial charge on any atom is 0.322 e. The van der Waals surface area contributed by atoms with Gasteiger partial charge in [0.25, 0.3) is 5.91 Å². The number of nitrogens with zero attached hydrogens (tertiary/aromatic N) is 4. The van der Waals surface area contributed by atoms with Gasteiger partial charge in [-0.05, 0) is 19.3 Å². The largest absolute Gasteiger partial charge is 0.408 e. The maximum atomic E-state index is 11.8. The first-order chi connectivity index (χ1) is 9.26. The maximum absolute atomic E-state index is 11.8. The van der Waals surface area contributed by atoms with Crippen molar-refractivity contribution in [2.75, 3.05) is 5.32 Å². The van der Waals surface area contributed by atoms with Gasteiger partial charge in [0.05, 0.1) is 0 Å². The standard InChI is InChI=1S/C11H14N6O2/c1-2-3-7-12-8(15-14-7)9(18)13-11-17-16-10(19-11)6-4-5-6/h6H,2-5H2,1H3,(H,12,14,15)(H,13,17,18). The number of carbonyl (C=O) groups excluding carboxylic acids is 1. The molecule has 1 amide bonds. The molecule has 1 aliphatic carbocycles. The topological polar surface area (TPSA) is 110 Å². The van der Waals surface area contributed by atoms with Crippen molar-refractivity contribution in [1.82, 2.24) is 25.4 Å². The van der Waals surface area contributed by atoms with Crippen molar-refractivity contribution in [3.8, 4) is 0 Å². The fourth-order valence-corrected chi connectivity index (χ4v) is 1.68. The number of aromatic amines is 1. The van der Waals surface area contributed by atoms with Crippen LogP contribution in [0.2, 0.25) is 0 Å². The molecule has 2 heterocycles. The number of anilines is 1. The lowest BCUT2D eigenvalue weighted by atomic mass is 10.3. The average Bonchev–Trinajstić information content (AvgIpc) is 2.96. The summed E-state index contributed by atoms with van der Waals surface area (Å²) in [6.07, 6.45) is 3.82. The van der Waals surface area contributed by atoms with Gasteiger partial charge in [-0.2, -0.15) is 0 Å². The normalized spacial score (nSPS) is 14.6. The highest BCUT2D eigenvalue weighted by molar-refractivity contribution is 6.00. The number of hydrogen-bond donors (Lipinski definition) is 2. The fraction of sp³-hybridized carbons (Fsp3) is 0.545. The highest BCUT2D eigenvalue weighted by Gasteiger charge is 2.29. The monoisotopic (exact) mass is 262 g/mol. The molecule has 8 heteroatoms. The van der Waals surface area contributed by atoms with Crippen molar-refractivity contribution in [2.45, 2.75) is 38.5 Å². The van der Waals surface area contributed by atoms with Crippen LogP contribution in [0.3, 0.4) is 0 Å². The minimum absolute atomic E-state index is 0.0784. The summed E-state index contributed by atoms with van der Waals surface area (Å²) >= 11 is 0. The Labute approximate surface area is 109 Å². The summed E-state index contributed by atoms with van der Waals surface area (Å²) in [6, 6.07) is 0.0914. The zero-order valence-corrected chi connectivity index (χ0v) is 10.5. The molecule has 0 atom stereocenters. The van der Waals surface area contributed by atoms with E-state index in [9.17, 15) is 4.79 Å². The number of hydrogen-bond acceptors (Lipinski definition) is 6. The number of nitrogens with one attached hydrogen (secondary N) is 2. The summed E-state index contributed by atoms with van der Waals surface area (Å²) in [5, 5.41) is 16.7. The van der Waals surface area contributed by atoms with Crippen LogP contribution in [0.4, 0.5) is 6.01 Å². The molecule has 0 aliphatic heterocycles. The van der Waals surface area contributed by atoms with Crippen LogP contribution in [0.1, 0.15) is 54.4 Å². The Kier molecular flexibility index (Phi) is 2.98. The fourth-order valence-electron chi connectivity index (χ4n) is 1.68. The summed E-state index contributed by atoms with van der Waals surface area (Å²) < 4.78 is 5.33. The average molecular weight is 262 g/mol. The molecule has 2 N–H and O–H groups in total. The molecule has 100 valence electrons. The van der Waals surface area contributed by atoms with Crippen LogP contribution in [-0.2, 0) is 6.42 Å². The number of carbonyl (C=O) groups is 1. The van der Waals surface area contributed by atoms with Gasteiger partial charge in [0.15, 0.2) is 0 Å². The molecule has 0 bridgehead atoms. The molecule has 0 radical (unpaired) electrons. The first-order valence-electron chi connectivity index (χ1n) is 6.32. The molecule has 3 rings (SSSR count). The summed E-state index contributed by atoms with van der Waals surface area (Å²) in [4.78, 5) is 15.9. The van der Waals surface area contributed by atoms with E-state index >= 15 is 0 Å². The molecule has 8 nitrogen and oxygen atoms in total. The lowest BCUT2D eigenvalue weighted by Crippen LogP contribution is -2.14. The van der Waals surface area contributed by atoms with Crippen molar-refractivity contribution < 1.29 is 9.21 Å². The van der Waals surface area contributed by atoms with E-state index in [1.54, 1.807) is 0 Å². The van der Waals surface area contributed by atoms with Crippen LogP contribution in [-0.4, -0.2) is 31.3 Å². The van der Waals surface area contributed by atoms with E-state index in [-0.39, 0.29) is 11.8 Å². The summed E-state index contributed by atoms with van der Waals surface area (Å²) in [6.45, 7) is 2.03. The van der Waals surface area contributed by atoms with Crippen molar-refractivity contribution in [2.24, 2.45) is 0 Å². The second-order valence-corrected chi connectivity index (χ2v) is 4.53. The first kappa shape index (κ1) is 11.8. The summed E-state index contributed by atoms with van der Waals surface area (Å²) in [5.41, 5.74) is 0. The van der Waals surface area contributed by atoms with Crippen molar-refractivity contribution in [1.29, 1.82) is 0 Å². The van der Waals surface area contributed by atoms with Gasteiger partial charge in [0, 0.05) is 12.3 Å². The van der Waals surface area contributed by atoms with E-state index in [0.29, 0.717) is 17.6 Å². The molecular weight excluding hydrogens is 248 g/mol. The van der Waals surface area contributed by atoms with Gasteiger partial charge in [0.2, 0.25) is 11.7 Å². The minimum atomic E-state index is -0.454. The Hall–Kier alpha value is -2.25. The quantitative estimate of drug-likeness (QED) is 0.839. The van der Waals surface area contributed by atoms with Gasteiger partial charge >= 0.3 is 6.01 Å². The summed E-state index contributed by atoms with van der Waals surface area (Å²) in [7, 11) is 0. The zero-order chi connectivity index (χ0) is 13.2. The Balaban J connectivity index is 1.65. The van der Waals surface area contributed by atoms with Crippen molar-refractivity contribution >= 4 is 11.9 Å². The molecule has 1 aliphatic rings. The predicted octanol–water partition coefficient (Wildman–Crippen LogP) is 1.27. The van der Waals surface area contributed by atoms with E-state index in [1.165, 1.54) is 0 Å². The lowest BCUT2D eigenvalue weighted by Gasteiger charge is -1.94. The van der Waals surface area contributed by atoms with Crippen LogP contribution in [0.15, 0.2) is 4.42 Å². The second-order valence-electron chi connectivity index (χ2n) is 4.53. The van der Waals surface area contributed by atoms with Gasteiger partial charge in [-0.3, -0.25) is 15.2 Å². The third-order valence-electron chi connectivity index (χ3n) is 2.81. The van der Waals surface area contributed by atoms with Crippen LogP contribution in [0.5, 0.6) is 0 Å². The lowest BCUT2D eigenvalue weighted by molar-refractivity contribution is 0.101. The highest BCUT2D eigenvalue weighted by atomic mass is 16.4. The van der Waals surface area contributed by atoms with Gasteiger partial charge in [-0.1, -0.05) is 12.0 Å². The molecule has 1 saturated carbocycles. The molecule has 0 saturated heterocycles. The minimum Gasteiger partial charge on any atom is -0.408 e. The van der Waals surface area contributed by atoms with E-state index in [2.05, 4.69) is 30.7 Å². The highest BCUT2D eigenvalue weighted by Crippen LogP contribution is 2.39. The number of aryl methyl sites for hydroxylation is 1. The number of rotatable bonds is 5. The third-order valence-corrected chi connectivity index (χ3v) is 2.81. The van der Waals surface area contributed by atoms with E-state index in [4.69, 9.17) is 4.42 Å². The van der Waals surface area contributed by atoms with Crippen LogP contribution in [0, 0.1) is 0 Å². The Morgan fingerprint density at radius 3 is 3.05 bits per heavy atom. The van der Waals surface area contributed by atoms with Gasteiger partial charge in [0.1, 0.15) is 5.82 Å². The molecule has 0 unspecified atom stereocenters. The molecule has 1 fully saturated rings. The van der Waals surface area contributed by atoms with Crippen LogP contribution in [0.25, 0.3) is 0 Å². The molecule has 0 spiro atoms. The zero-order valence-electron chi connectivity index (χ0n) is 10.5. The number of amides is 1. The SMILES string of the molecule is CCCc1nc(C(=O)Nc2nnc(C3CC3)o2)n[nH]1. The molecular formula is C11H14N6O2. The third kappa shape index (κ3) is 2.61. The van der Waals surface area contributed by atoms with E-state index in [0.717, 1.165) is 25.7 Å². The van der Waals surface area contributed by atoms with Crippen LogP contribution >= 0.6 is 0 Å². The number of aromatic nitrogens is 5. The molecule has 19 heavy (non-hydrogen) atoms. The van der Waals surface area contributed by atoms with Crippen molar-refractivity contribution in [3.63, 3.8) is 0 Å². The van der Waals surface area contributed by atoms with E-state index in [1.807, 2.05) is 6.92 Å². The second kappa shape index (κ2) is 4.79. The van der Waals surface area contributed by atoms with Crippen LogP contribution < -0.4 is 5.32 Å².